The van der Waals surface area contributed by atoms with Gasteiger partial charge in [-0.25, -0.2) is 4.39 Å². The maximum Gasteiger partial charge on any atom is 0.169 e. The maximum absolute atomic E-state index is 13.0. The summed E-state index contributed by atoms with van der Waals surface area (Å²) in [5.41, 5.74) is 1.02. The van der Waals surface area contributed by atoms with Crippen molar-refractivity contribution < 1.29 is 18.8 Å². The highest BCUT2D eigenvalue weighted by atomic mass is 32.1. The molecular formula is C21H27FN3O2S+. The predicted molar refractivity (Wildman–Crippen MR) is 111 cm³/mol. The molecule has 5 nitrogen and oxygen atoms in total. The minimum Gasteiger partial charge on any atom is -0.497 e. The summed E-state index contributed by atoms with van der Waals surface area (Å²) in [5.74, 6) is 1.48. The molecule has 28 heavy (non-hydrogen) atoms. The second kappa shape index (κ2) is 10.2. The van der Waals surface area contributed by atoms with Crippen molar-refractivity contribution in [3.05, 3.63) is 59.9 Å². The van der Waals surface area contributed by atoms with Gasteiger partial charge in [0.2, 0.25) is 0 Å². The van der Waals surface area contributed by atoms with Gasteiger partial charge in [-0.3, -0.25) is 0 Å². The molecule has 0 amide bonds. The molecule has 1 fully saturated rings. The van der Waals surface area contributed by atoms with Gasteiger partial charge in [0.05, 0.1) is 33.3 Å². The van der Waals surface area contributed by atoms with E-state index in [1.54, 1.807) is 19.2 Å². The zero-order valence-corrected chi connectivity index (χ0v) is 16.9. The topological polar surface area (TPSA) is 38.2 Å². The summed E-state index contributed by atoms with van der Waals surface area (Å²) in [4.78, 5) is 3.72. The normalized spacial score (nSPS) is 14.6. The van der Waals surface area contributed by atoms with E-state index in [1.807, 2.05) is 24.3 Å². The summed E-state index contributed by atoms with van der Waals surface area (Å²) >= 11 is 5.51. The van der Waals surface area contributed by atoms with E-state index in [0.717, 1.165) is 54.9 Å². The van der Waals surface area contributed by atoms with Crippen molar-refractivity contribution in [1.82, 2.24) is 10.2 Å². The van der Waals surface area contributed by atoms with Gasteiger partial charge >= 0.3 is 0 Å². The molecule has 7 heteroatoms. The van der Waals surface area contributed by atoms with Gasteiger partial charge in [-0.2, -0.15) is 0 Å². The standard InChI is InChI=1S/C21H26FN3O2S/c1-26-19-6-8-20(9-7-19)27-15-14-24-10-12-25(13-11-24)21(28)23-16-17-2-4-18(22)5-3-17/h2-9H,10-16H2,1H3,(H,23,28)/p+1. The first kappa shape index (κ1) is 20.4. The molecule has 0 saturated carbocycles. The van der Waals surface area contributed by atoms with Crippen molar-refractivity contribution in [1.29, 1.82) is 0 Å². The van der Waals surface area contributed by atoms with Gasteiger partial charge in [-0.15, -0.1) is 0 Å². The Bertz CT molecular complexity index is 747. The number of hydrogen-bond acceptors (Lipinski definition) is 3. The highest BCUT2D eigenvalue weighted by molar-refractivity contribution is 7.80. The lowest BCUT2D eigenvalue weighted by molar-refractivity contribution is -0.903. The average molecular weight is 405 g/mol. The van der Waals surface area contributed by atoms with Crippen molar-refractivity contribution in [2.24, 2.45) is 0 Å². The number of benzene rings is 2. The second-order valence-electron chi connectivity index (χ2n) is 6.80. The van der Waals surface area contributed by atoms with Crippen LogP contribution in [0.3, 0.4) is 0 Å². The molecule has 0 aromatic heterocycles. The molecule has 2 aromatic carbocycles. The molecule has 0 bridgehead atoms. The Hall–Kier alpha value is -2.38. The fourth-order valence-electron chi connectivity index (χ4n) is 3.15. The van der Waals surface area contributed by atoms with Crippen molar-refractivity contribution in [2.45, 2.75) is 6.54 Å². The number of methoxy groups -OCH3 is 1. The average Bonchev–Trinajstić information content (AvgIpc) is 2.74. The van der Waals surface area contributed by atoms with Crippen LogP contribution >= 0.6 is 12.2 Å². The molecule has 0 spiro atoms. The van der Waals surface area contributed by atoms with Crippen LogP contribution in [-0.2, 0) is 6.54 Å². The number of ether oxygens (including phenoxy) is 2. The number of piperazine rings is 1. The molecule has 2 aromatic rings. The van der Waals surface area contributed by atoms with Crippen molar-refractivity contribution in [2.75, 3.05) is 46.4 Å². The third-order valence-corrected chi connectivity index (χ3v) is 5.30. The molecular weight excluding hydrogens is 377 g/mol. The van der Waals surface area contributed by atoms with E-state index in [2.05, 4.69) is 10.2 Å². The molecule has 1 aliphatic rings. The Morgan fingerprint density at radius 1 is 1.07 bits per heavy atom. The lowest BCUT2D eigenvalue weighted by Gasteiger charge is -2.33. The van der Waals surface area contributed by atoms with Gasteiger partial charge in [-0.05, 0) is 54.2 Å². The van der Waals surface area contributed by atoms with Crippen molar-refractivity contribution in [3.8, 4) is 11.5 Å². The molecule has 0 radical (unpaired) electrons. The van der Waals surface area contributed by atoms with Gasteiger partial charge in [0.1, 0.15) is 30.5 Å². The van der Waals surface area contributed by atoms with Crippen LogP contribution in [0.4, 0.5) is 4.39 Å². The fourth-order valence-corrected chi connectivity index (χ4v) is 3.41. The van der Waals surface area contributed by atoms with Gasteiger partial charge in [0, 0.05) is 6.54 Å². The van der Waals surface area contributed by atoms with Gasteiger partial charge in [0.25, 0.3) is 0 Å². The van der Waals surface area contributed by atoms with E-state index >= 15 is 0 Å². The van der Waals surface area contributed by atoms with Gasteiger partial charge in [-0.1, -0.05) is 12.1 Å². The minimum atomic E-state index is -0.221. The number of thiocarbonyl (C=S) groups is 1. The SMILES string of the molecule is COc1ccc(OCC[NH+]2CCN(C(=S)NCc3ccc(F)cc3)CC2)cc1. The number of quaternary nitrogens is 1. The Labute approximate surface area is 171 Å². The largest absolute Gasteiger partial charge is 0.497 e. The van der Waals surface area contributed by atoms with Crippen LogP contribution in [0.2, 0.25) is 0 Å². The zero-order valence-electron chi connectivity index (χ0n) is 16.1. The van der Waals surface area contributed by atoms with Crippen LogP contribution in [0.15, 0.2) is 48.5 Å². The molecule has 0 aliphatic carbocycles. The van der Waals surface area contributed by atoms with Crippen molar-refractivity contribution >= 4 is 17.3 Å². The van der Waals surface area contributed by atoms with E-state index < -0.39 is 0 Å². The van der Waals surface area contributed by atoms with E-state index in [-0.39, 0.29) is 5.82 Å². The first-order chi connectivity index (χ1) is 13.6. The first-order valence-corrected chi connectivity index (χ1v) is 9.92. The van der Waals surface area contributed by atoms with Crippen LogP contribution in [0, 0.1) is 5.82 Å². The summed E-state index contributed by atoms with van der Waals surface area (Å²) in [6.07, 6.45) is 0. The number of halogens is 1. The Morgan fingerprint density at radius 3 is 2.36 bits per heavy atom. The first-order valence-electron chi connectivity index (χ1n) is 9.51. The minimum absolute atomic E-state index is 0.221. The Balaban J connectivity index is 1.33. The molecule has 150 valence electrons. The Kier molecular flexibility index (Phi) is 7.45. The van der Waals surface area contributed by atoms with E-state index in [4.69, 9.17) is 21.7 Å². The summed E-state index contributed by atoms with van der Waals surface area (Å²) < 4.78 is 23.9. The zero-order chi connectivity index (χ0) is 19.8. The lowest BCUT2D eigenvalue weighted by Crippen LogP contribution is -3.15. The van der Waals surface area contributed by atoms with E-state index in [1.165, 1.54) is 17.0 Å². The molecule has 0 unspecified atom stereocenters. The summed E-state index contributed by atoms with van der Waals surface area (Å²) in [7, 11) is 1.66. The van der Waals surface area contributed by atoms with Crippen LogP contribution in [0.25, 0.3) is 0 Å². The number of nitrogens with zero attached hydrogens (tertiary/aromatic N) is 1. The molecule has 1 heterocycles. The van der Waals surface area contributed by atoms with Crippen molar-refractivity contribution in [3.63, 3.8) is 0 Å². The smallest absolute Gasteiger partial charge is 0.169 e. The number of rotatable bonds is 7. The second-order valence-corrected chi connectivity index (χ2v) is 7.18. The molecule has 1 aliphatic heterocycles. The maximum atomic E-state index is 13.0. The fraction of sp³-hybridized carbons (Fsp3) is 0.381. The highest BCUT2D eigenvalue weighted by Crippen LogP contribution is 2.16. The molecule has 1 saturated heterocycles. The third-order valence-electron chi connectivity index (χ3n) is 4.90. The van der Waals surface area contributed by atoms with Crippen LogP contribution in [0.1, 0.15) is 5.56 Å². The highest BCUT2D eigenvalue weighted by Gasteiger charge is 2.21. The van der Waals surface area contributed by atoms with E-state index in [9.17, 15) is 4.39 Å². The number of hydrogen-bond donors (Lipinski definition) is 2. The van der Waals surface area contributed by atoms with Crippen LogP contribution < -0.4 is 19.7 Å². The molecule has 3 rings (SSSR count). The summed E-state index contributed by atoms with van der Waals surface area (Å²) in [6, 6.07) is 14.1. The molecule has 0 atom stereocenters. The predicted octanol–water partition coefficient (Wildman–Crippen LogP) is 1.49. The van der Waals surface area contributed by atoms with Crippen LogP contribution in [0.5, 0.6) is 11.5 Å². The number of nitrogens with one attached hydrogen (secondary N) is 2. The Morgan fingerprint density at radius 2 is 1.71 bits per heavy atom. The summed E-state index contributed by atoms with van der Waals surface area (Å²) in [5, 5.41) is 4.03. The monoisotopic (exact) mass is 404 g/mol. The van der Waals surface area contributed by atoms with Crippen LogP contribution in [-0.4, -0.2) is 56.5 Å². The molecule has 2 N–H and O–H groups in total. The van der Waals surface area contributed by atoms with E-state index in [0.29, 0.717) is 13.2 Å². The van der Waals surface area contributed by atoms with Gasteiger partial charge in [0.15, 0.2) is 5.11 Å². The quantitative estimate of drug-likeness (QED) is 0.684. The lowest BCUT2D eigenvalue weighted by atomic mass is 10.2. The summed E-state index contributed by atoms with van der Waals surface area (Å²) in [6.45, 7) is 6.18. The van der Waals surface area contributed by atoms with Gasteiger partial charge < -0.3 is 24.6 Å². The third kappa shape index (κ3) is 6.07.